The van der Waals surface area contributed by atoms with Crippen molar-refractivity contribution in [2.24, 2.45) is 7.05 Å². The molecular formula is C14H17N3O2S. The van der Waals surface area contributed by atoms with Crippen molar-refractivity contribution in [3.63, 3.8) is 0 Å². The summed E-state index contributed by atoms with van der Waals surface area (Å²) >= 11 is 1.36. The van der Waals surface area contributed by atoms with Gasteiger partial charge in [-0.25, -0.2) is 4.98 Å². The van der Waals surface area contributed by atoms with Gasteiger partial charge in [-0.05, 0) is 19.1 Å². The van der Waals surface area contributed by atoms with Crippen molar-refractivity contribution >= 4 is 23.4 Å². The fourth-order valence-corrected chi connectivity index (χ4v) is 2.53. The first-order chi connectivity index (χ1) is 9.61. The van der Waals surface area contributed by atoms with Crippen LogP contribution in [0.4, 0.5) is 5.69 Å². The van der Waals surface area contributed by atoms with Crippen molar-refractivity contribution in [3.8, 4) is 0 Å². The third kappa shape index (κ3) is 3.40. The zero-order valence-electron chi connectivity index (χ0n) is 11.4. The predicted octanol–water partition coefficient (Wildman–Crippen LogP) is 2.03. The van der Waals surface area contributed by atoms with E-state index in [9.17, 15) is 4.79 Å². The molecule has 2 aromatic rings. The van der Waals surface area contributed by atoms with Crippen LogP contribution in [0.5, 0.6) is 0 Å². The number of anilines is 1. The lowest BCUT2D eigenvalue weighted by atomic mass is 10.3. The van der Waals surface area contributed by atoms with E-state index in [1.807, 2.05) is 44.3 Å². The smallest absolute Gasteiger partial charge is 0.237 e. The molecule has 0 fully saturated rings. The van der Waals surface area contributed by atoms with E-state index in [4.69, 9.17) is 5.11 Å². The van der Waals surface area contributed by atoms with Crippen molar-refractivity contribution in [2.75, 3.05) is 5.32 Å². The number of rotatable bonds is 5. The van der Waals surface area contributed by atoms with E-state index in [1.165, 1.54) is 11.8 Å². The Kier molecular flexibility index (Phi) is 4.81. The Balaban J connectivity index is 1.99. The number of para-hydroxylation sites is 1. The standard InChI is InChI=1S/C14H17N3O2S/c1-10(13(19)16-11-6-4-3-5-7-11)20-14-15-8-12(9-18)17(14)2/h3-8,10,18H,9H2,1-2H3,(H,16,19). The summed E-state index contributed by atoms with van der Waals surface area (Å²) in [6, 6.07) is 9.34. The Bertz CT molecular complexity index is 583. The van der Waals surface area contributed by atoms with Crippen LogP contribution in [-0.2, 0) is 18.4 Å². The third-order valence-corrected chi connectivity index (χ3v) is 4.05. The van der Waals surface area contributed by atoms with E-state index in [0.717, 1.165) is 11.4 Å². The summed E-state index contributed by atoms with van der Waals surface area (Å²) < 4.78 is 1.79. The molecule has 0 radical (unpaired) electrons. The molecule has 20 heavy (non-hydrogen) atoms. The largest absolute Gasteiger partial charge is 0.390 e. The normalized spacial score (nSPS) is 12.2. The number of carbonyl (C=O) groups excluding carboxylic acids is 1. The summed E-state index contributed by atoms with van der Waals surface area (Å²) in [5.74, 6) is -0.0743. The Morgan fingerprint density at radius 2 is 2.15 bits per heavy atom. The second kappa shape index (κ2) is 6.58. The first-order valence-electron chi connectivity index (χ1n) is 6.26. The van der Waals surface area contributed by atoms with Crippen molar-refractivity contribution in [3.05, 3.63) is 42.2 Å². The number of carbonyl (C=O) groups is 1. The molecule has 1 heterocycles. The molecule has 2 rings (SSSR count). The van der Waals surface area contributed by atoms with Crippen LogP contribution in [0.2, 0.25) is 0 Å². The van der Waals surface area contributed by atoms with Gasteiger partial charge >= 0.3 is 0 Å². The molecule has 1 aromatic carbocycles. The number of hydrogen-bond acceptors (Lipinski definition) is 4. The minimum absolute atomic E-state index is 0.0609. The summed E-state index contributed by atoms with van der Waals surface area (Å²) in [4.78, 5) is 16.3. The summed E-state index contributed by atoms with van der Waals surface area (Å²) in [6.07, 6.45) is 1.62. The summed E-state index contributed by atoms with van der Waals surface area (Å²) in [7, 11) is 1.82. The molecule has 0 saturated carbocycles. The monoisotopic (exact) mass is 291 g/mol. The molecule has 2 N–H and O–H groups in total. The molecule has 0 bridgehead atoms. The van der Waals surface area contributed by atoms with Gasteiger partial charge in [0.1, 0.15) is 0 Å². The third-order valence-electron chi connectivity index (χ3n) is 2.90. The van der Waals surface area contributed by atoms with Crippen molar-refractivity contribution in [1.29, 1.82) is 0 Å². The zero-order chi connectivity index (χ0) is 14.5. The molecule has 6 heteroatoms. The molecule has 1 amide bonds. The number of aliphatic hydroxyl groups excluding tert-OH is 1. The molecule has 0 aliphatic carbocycles. The number of thioether (sulfide) groups is 1. The molecule has 1 atom stereocenters. The Hall–Kier alpha value is -1.79. The average Bonchev–Trinajstić information content (AvgIpc) is 2.80. The summed E-state index contributed by atoms with van der Waals surface area (Å²) in [6.45, 7) is 1.77. The highest BCUT2D eigenvalue weighted by atomic mass is 32.2. The van der Waals surface area contributed by atoms with Crippen molar-refractivity contribution in [2.45, 2.75) is 23.9 Å². The summed E-state index contributed by atoms with van der Waals surface area (Å²) in [5.41, 5.74) is 1.50. The number of imidazole rings is 1. The van der Waals surface area contributed by atoms with Gasteiger partial charge in [0.05, 0.1) is 23.7 Å². The fraction of sp³-hybridized carbons (Fsp3) is 0.286. The maximum Gasteiger partial charge on any atom is 0.237 e. The molecule has 0 aliphatic heterocycles. The van der Waals surface area contributed by atoms with E-state index in [2.05, 4.69) is 10.3 Å². The maximum absolute atomic E-state index is 12.1. The number of benzene rings is 1. The predicted molar refractivity (Wildman–Crippen MR) is 79.5 cm³/mol. The number of hydrogen-bond donors (Lipinski definition) is 2. The van der Waals surface area contributed by atoms with Crippen LogP contribution >= 0.6 is 11.8 Å². The first kappa shape index (κ1) is 14.6. The van der Waals surface area contributed by atoms with E-state index in [0.29, 0.717) is 5.16 Å². The van der Waals surface area contributed by atoms with Crippen LogP contribution in [0.25, 0.3) is 0 Å². The number of aliphatic hydroxyl groups is 1. The van der Waals surface area contributed by atoms with Gasteiger partial charge in [0.25, 0.3) is 0 Å². The zero-order valence-corrected chi connectivity index (χ0v) is 12.2. The van der Waals surface area contributed by atoms with Gasteiger partial charge in [-0.1, -0.05) is 30.0 Å². The van der Waals surface area contributed by atoms with Crippen LogP contribution in [0.15, 0.2) is 41.7 Å². The van der Waals surface area contributed by atoms with E-state index < -0.39 is 0 Å². The van der Waals surface area contributed by atoms with Crippen LogP contribution in [0.3, 0.4) is 0 Å². The maximum atomic E-state index is 12.1. The van der Waals surface area contributed by atoms with Gasteiger partial charge in [-0.2, -0.15) is 0 Å². The quantitative estimate of drug-likeness (QED) is 0.827. The summed E-state index contributed by atoms with van der Waals surface area (Å²) in [5, 5.41) is 12.4. The second-order valence-electron chi connectivity index (χ2n) is 4.36. The highest BCUT2D eigenvalue weighted by Crippen LogP contribution is 2.23. The number of nitrogens with one attached hydrogen (secondary N) is 1. The SMILES string of the molecule is CC(Sc1ncc(CO)n1C)C(=O)Nc1ccccc1. The van der Waals surface area contributed by atoms with Crippen molar-refractivity contribution < 1.29 is 9.90 Å². The second-order valence-corrected chi connectivity index (χ2v) is 5.67. The molecule has 5 nitrogen and oxygen atoms in total. The Morgan fingerprint density at radius 1 is 1.45 bits per heavy atom. The Labute approximate surface area is 122 Å². The van der Waals surface area contributed by atoms with E-state index >= 15 is 0 Å². The first-order valence-corrected chi connectivity index (χ1v) is 7.14. The minimum atomic E-state index is -0.275. The minimum Gasteiger partial charge on any atom is -0.390 e. The van der Waals surface area contributed by atoms with Crippen LogP contribution in [0, 0.1) is 0 Å². The topological polar surface area (TPSA) is 67.2 Å². The van der Waals surface area contributed by atoms with Crippen LogP contribution in [0.1, 0.15) is 12.6 Å². The molecule has 1 aromatic heterocycles. The number of amides is 1. The fourth-order valence-electron chi connectivity index (χ4n) is 1.66. The highest BCUT2D eigenvalue weighted by Gasteiger charge is 2.17. The Morgan fingerprint density at radius 3 is 2.75 bits per heavy atom. The molecule has 1 unspecified atom stereocenters. The molecule has 106 valence electrons. The lowest BCUT2D eigenvalue weighted by Gasteiger charge is -2.12. The number of aromatic nitrogens is 2. The van der Waals surface area contributed by atoms with E-state index in [1.54, 1.807) is 10.8 Å². The van der Waals surface area contributed by atoms with Gasteiger partial charge in [0, 0.05) is 12.7 Å². The van der Waals surface area contributed by atoms with Gasteiger partial charge in [0.15, 0.2) is 5.16 Å². The van der Waals surface area contributed by atoms with Gasteiger partial charge in [-0.3, -0.25) is 4.79 Å². The molecule has 0 saturated heterocycles. The van der Waals surface area contributed by atoms with Gasteiger partial charge in [0.2, 0.25) is 5.91 Å². The number of nitrogens with zero attached hydrogens (tertiary/aromatic N) is 2. The highest BCUT2D eigenvalue weighted by molar-refractivity contribution is 8.00. The van der Waals surface area contributed by atoms with Gasteiger partial charge < -0.3 is 15.0 Å². The lowest BCUT2D eigenvalue weighted by Crippen LogP contribution is -2.22. The van der Waals surface area contributed by atoms with Crippen LogP contribution in [-0.4, -0.2) is 25.8 Å². The molecule has 0 aliphatic rings. The lowest BCUT2D eigenvalue weighted by molar-refractivity contribution is -0.115. The van der Waals surface area contributed by atoms with Crippen LogP contribution < -0.4 is 5.32 Å². The van der Waals surface area contributed by atoms with E-state index in [-0.39, 0.29) is 17.8 Å². The average molecular weight is 291 g/mol. The van der Waals surface area contributed by atoms with Crippen molar-refractivity contribution in [1.82, 2.24) is 9.55 Å². The molecule has 0 spiro atoms. The molecular weight excluding hydrogens is 274 g/mol. The van der Waals surface area contributed by atoms with Gasteiger partial charge in [-0.15, -0.1) is 0 Å².